The highest BCUT2D eigenvalue weighted by Gasteiger charge is 2.72. The number of likely N-dealkylation sites (N-methyl/N-ethyl adjacent to an activating group) is 1. The number of piperidine rings is 1. The van der Waals surface area contributed by atoms with Crippen LogP contribution in [0.1, 0.15) is 55.9 Å². The van der Waals surface area contributed by atoms with E-state index in [1.54, 1.807) is 24.3 Å². The average Bonchev–Trinajstić information content (AvgIpc) is 3.42. The molecular formula is C35H37NO13. The van der Waals surface area contributed by atoms with E-state index in [2.05, 4.69) is 4.90 Å². The fraction of sp³-hybridized carbons (Fsp3) is 0.457. The highest BCUT2D eigenvalue weighted by Crippen LogP contribution is 2.65. The van der Waals surface area contributed by atoms with E-state index in [1.807, 2.05) is 19.2 Å². The lowest BCUT2D eigenvalue weighted by Gasteiger charge is -2.61. The molecule has 260 valence electrons. The molecule has 2 heterocycles. The summed E-state index contributed by atoms with van der Waals surface area (Å²) >= 11 is 0. The molecule has 2 bridgehead atoms. The molecule has 14 nitrogen and oxygen atoms in total. The highest BCUT2D eigenvalue weighted by atomic mass is 16.6. The Morgan fingerprint density at radius 1 is 1.04 bits per heavy atom. The van der Waals surface area contributed by atoms with E-state index in [0.717, 1.165) is 25.0 Å². The zero-order valence-corrected chi connectivity index (χ0v) is 27.4. The van der Waals surface area contributed by atoms with E-state index in [4.69, 9.17) is 28.4 Å². The van der Waals surface area contributed by atoms with Crippen LogP contribution < -0.4 is 9.47 Å². The van der Waals surface area contributed by atoms with Gasteiger partial charge in [-0.25, -0.2) is 14.4 Å². The molecule has 49 heavy (non-hydrogen) atoms. The molecule has 14 heteroatoms. The lowest BCUT2D eigenvalue weighted by atomic mass is 9.50. The van der Waals surface area contributed by atoms with Crippen molar-refractivity contribution in [2.75, 3.05) is 20.7 Å². The van der Waals surface area contributed by atoms with Crippen molar-refractivity contribution in [2.24, 2.45) is 0 Å². The van der Waals surface area contributed by atoms with Crippen LogP contribution in [0.15, 0.2) is 54.3 Å². The number of carboxylic acid groups (broad SMARTS) is 1. The monoisotopic (exact) mass is 679 g/mol. The van der Waals surface area contributed by atoms with Crippen LogP contribution in [-0.4, -0.2) is 95.6 Å². The summed E-state index contributed by atoms with van der Waals surface area (Å²) in [4.78, 5) is 65.0. The van der Waals surface area contributed by atoms with E-state index in [9.17, 15) is 34.2 Å². The summed E-state index contributed by atoms with van der Waals surface area (Å²) in [6.07, 6.45) is -3.89. The number of aliphatic carboxylic acids is 1. The minimum atomic E-state index is -1.81. The number of nitrogens with zero attached hydrogens (tertiary/aromatic N) is 1. The molecular weight excluding hydrogens is 642 g/mol. The van der Waals surface area contributed by atoms with Crippen LogP contribution in [0, 0.1) is 0 Å². The van der Waals surface area contributed by atoms with Crippen molar-refractivity contribution in [2.45, 2.75) is 81.0 Å². The molecule has 0 saturated carbocycles. The SMILES string of the molecule is COc1ccc2c3c1O[C@H]1C(OC(=O)CC(OC(C)=O)C(=O)OC(C)C(=O)O[C@H](C(=O)O)c4ccccc4)=CC[C@@]4(O)[C@@H](C2)N(C)CC[C@]314. The molecule has 0 aromatic heterocycles. The van der Waals surface area contributed by atoms with Crippen LogP contribution in [0.3, 0.4) is 0 Å². The van der Waals surface area contributed by atoms with Crippen molar-refractivity contribution in [3.05, 3.63) is 71.0 Å². The minimum Gasteiger partial charge on any atom is -0.493 e. The Hall–Kier alpha value is -4.95. The molecule has 2 aromatic carbocycles. The number of hydrogen-bond donors (Lipinski definition) is 2. The zero-order valence-electron chi connectivity index (χ0n) is 27.4. The molecule has 1 fully saturated rings. The van der Waals surface area contributed by atoms with E-state index in [-0.39, 0.29) is 23.8 Å². The molecule has 0 amide bonds. The summed E-state index contributed by atoms with van der Waals surface area (Å²) in [5, 5.41) is 21.9. The van der Waals surface area contributed by atoms with Gasteiger partial charge in [0.05, 0.1) is 24.5 Å². The Kier molecular flexibility index (Phi) is 8.88. The van der Waals surface area contributed by atoms with Gasteiger partial charge in [-0.15, -0.1) is 0 Å². The van der Waals surface area contributed by atoms with Gasteiger partial charge in [0, 0.05) is 30.5 Å². The second-order valence-electron chi connectivity index (χ2n) is 12.7. The van der Waals surface area contributed by atoms with Crippen molar-refractivity contribution in [3.8, 4) is 11.5 Å². The molecule has 4 aliphatic rings. The predicted octanol–water partition coefficient (Wildman–Crippen LogP) is 2.14. The number of aliphatic hydroxyl groups is 1. The Balaban J connectivity index is 1.18. The Labute approximate surface area is 281 Å². The number of carbonyl (C=O) groups is 5. The first-order chi connectivity index (χ1) is 23.3. The smallest absolute Gasteiger partial charge is 0.349 e. The molecule has 7 atom stereocenters. The number of rotatable bonds is 11. The second-order valence-corrected chi connectivity index (χ2v) is 12.7. The molecule has 2 aliphatic carbocycles. The largest absolute Gasteiger partial charge is 0.493 e. The summed E-state index contributed by atoms with van der Waals surface area (Å²) in [6.45, 7) is 2.83. The van der Waals surface area contributed by atoms with Crippen LogP contribution in [0.2, 0.25) is 0 Å². The predicted molar refractivity (Wildman–Crippen MR) is 166 cm³/mol. The summed E-state index contributed by atoms with van der Waals surface area (Å²) in [7, 11) is 3.49. The number of ether oxygens (including phenoxy) is 6. The first kappa shape index (κ1) is 33.9. The first-order valence-corrected chi connectivity index (χ1v) is 15.9. The molecule has 2 unspecified atom stereocenters. The number of hydrogen-bond acceptors (Lipinski definition) is 13. The van der Waals surface area contributed by atoms with Gasteiger partial charge in [0.15, 0.2) is 23.7 Å². The van der Waals surface area contributed by atoms with E-state index >= 15 is 0 Å². The molecule has 2 aliphatic heterocycles. The Bertz CT molecular complexity index is 1720. The fourth-order valence-corrected chi connectivity index (χ4v) is 7.68. The maximum atomic E-state index is 13.4. The molecule has 2 aromatic rings. The van der Waals surface area contributed by atoms with Crippen LogP contribution in [0.4, 0.5) is 0 Å². The zero-order chi connectivity index (χ0) is 35.2. The van der Waals surface area contributed by atoms with Crippen molar-refractivity contribution in [1.82, 2.24) is 4.90 Å². The number of likely N-dealkylation sites (tertiary alicyclic amines) is 1. The summed E-state index contributed by atoms with van der Waals surface area (Å²) in [5.41, 5.74) is -0.143. The van der Waals surface area contributed by atoms with Gasteiger partial charge < -0.3 is 43.5 Å². The maximum absolute atomic E-state index is 13.4. The van der Waals surface area contributed by atoms with Crippen molar-refractivity contribution >= 4 is 29.8 Å². The average molecular weight is 680 g/mol. The van der Waals surface area contributed by atoms with Crippen molar-refractivity contribution in [3.63, 3.8) is 0 Å². The topological polar surface area (TPSA) is 184 Å². The van der Waals surface area contributed by atoms with Gasteiger partial charge in [0.25, 0.3) is 0 Å². The van der Waals surface area contributed by atoms with Crippen LogP contribution in [0.25, 0.3) is 0 Å². The molecule has 1 saturated heterocycles. The van der Waals surface area contributed by atoms with E-state index in [1.165, 1.54) is 19.2 Å². The number of carboxylic acids is 1. The van der Waals surface area contributed by atoms with Gasteiger partial charge in [-0.3, -0.25) is 9.59 Å². The first-order valence-electron chi connectivity index (χ1n) is 15.9. The summed E-state index contributed by atoms with van der Waals surface area (Å²) in [6, 6.07) is 11.3. The number of methoxy groups -OCH3 is 1. The van der Waals surface area contributed by atoms with Gasteiger partial charge in [-0.1, -0.05) is 36.4 Å². The quantitative estimate of drug-likeness (QED) is 0.260. The highest BCUT2D eigenvalue weighted by molar-refractivity contribution is 5.87. The Morgan fingerprint density at radius 3 is 2.45 bits per heavy atom. The van der Waals surface area contributed by atoms with Gasteiger partial charge >= 0.3 is 29.8 Å². The minimum absolute atomic E-state index is 0.136. The maximum Gasteiger partial charge on any atom is 0.349 e. The molecule has 6 rings (SSSR count). The normalized spacial score (nSPS) is 26.4. The van der Waals surface area contributed by atoms with Crippen LogP contribution in [-0.2, 0) is 54.8 Å². The lowest BCUT2D eigenvalue weighted by molar-refractivity contribution is -0.184. The van der Waals surface area contributed by atoms with Crippen LogP contribution in [0.5, 0.6) is 11.5 Å². The second kappa shape index (κ2) is 12.8. The third-order valence-corrected chi connectivity index (χ3v) is 9.90. The van der Waals surface area contributed by atoms with E-state index in [0.29, 0.717) is 30.9 Å². The van der Waals surface area contributed by atoms with Gasteiger partial charge in [0.2, 0.25) is 12.2 Å². The van der Waals surface area contributed by atoms with Crippen molar-refractivity contribution in [1.29, 1.82) is 0 Å². The fourth-order valence-electron chi connectivity index (χ4n) is 7.68. The van der Waals surface area contributed by atoms with Crippen LogP contribution >= 0.6 is 0 Å². The van der Waals surface area contributed by atoms with Gasteiger partial charge in [0.1, 0.15) is 5.76 Å². The third kappa shape index (κ3) is 5.68. The van der Waals surface area contributed by atoms with Crippen molar-refractivity contribution < 1.29 is 62.6 Å². The lowest BCUT2D eigenvalue weighted by Crippen LogP contribution is -2.74. The third-order valence-electron chi connectivity index (χ3n) is 9.90. The van der Waals surface area contributed by atoms with E-state index < -0.39 is 71.7 Å². The molecule has 0 radical (unpaired) electrons. The van der Waals surface area contributed by atoms with Gasteiger partial charge in [-0.2, -0.15) is 0 Å². The number of benzene rings is 2. The number of carbonyl (C=O) groups excluding carboxylic acids is 4. The summed E-state index contributed by atoms with van der Waals surface area (Å²) in [5.74, 6) is -4.64. The molecule has 1 spiro atoms. The Morgan fingerprint density at radius 2 is 1.78 bits per heavy atom. The number of esters is 4. The van der Waals surface area contributed by atoms with Gasteiger partial charge in [-0.05, 0) is 51.1 Å². The summed E-state index contributed by atoms with van der Waals surface area (Å²) < 4.78 is 33.2. The standard InChI is InChI=1S/C35H37NO13/c1-18(32(41)49-28(31(39)40)20-8-6-5-7-9-20)45-33(42)24(46-19(2)37)17-26(38)47-23-12-13-35(43)25-16-21-10-11-22(44-4)29-27(21)34(35,30(23)48-29)14-15-36(25)3/h5-12,18,24-25,28,30,43H,13-17H2,1-4H3,(H,39,40)/t18?,24?,25-,28+,30+,34+,35-/m1/s1. The molecule has 2 N–H and O–H groups in total.